The van der Waals surface area contributed by atoms with Gasteiger partial charge in [-0.05, 0) is 74.6 Å². The van der Waals surface area contributed by atoms with Crippen molar-refractivity contribution in [1.29, 1.82) is 0 Å². The van der Waals surface area contributed by atoms with E-state index >= 15 is 0 Å². The lowest BCUT2D eigenvalue weighted by Gasteiger charge is -2.24. The molecule has 0 N–H and O–H groups in total. The number of carbonyl (C=O) groups excluding carboxylic acids is 1. The van der Waals surface area contributed by atoms with Crippen molar-refractivity contribution in [3.63, 3.8) is 0 Å². The third kappa shape index (κ3) is 4.91. The number of rotatable bonds is 6. The lowest BCUT2D eigenvalue weighted by atomic mass is 9.96. The highest BCUT2D eigenvalue weighted by molar-refractivity contribution is 7.98. The number of thioether (sulfide) groups is 1. The summed E-state index contributed by atoms with van der Waals surface area (Å²) in [6.45, 7) is 5.75. The maximum atomic E-state index is 13.8. The van der Waals surface area contributed by atoms with Crippen LogP contribution < -0.4 is 14.9 Å². The van der Waals surface area contributed by atoms with Crippen LogP contribution in [0.1, 0.15) is 36.8 Å². The first-order valence-corrected chi connectivity index (χ1v) is 14.4. The third-order valence-electron chi connectivity index (χ3n) is 6.31. The van der Waals surface area contributed by atoms with Gasteiger partial charge in [-0.2, -0.15) is 0 Å². The van der Waals surface area contributed by atoms with Crippen molar-refractivity contribution in [3.8, 4) is 11.3 Å². The number of halogens is 1. The molecule has 9 heteroatoms. The second kappa shape index (κ2) is 10.8. The van der Waals surface area contributed by atoms with E-state index in [4.69, 9.17) is 20.8 Å². The minimum absolute atomic E-state index is 0.227. The van der Waals surface area contributed by atoms with E-state index in [9.17, 15) is 9.59 Å². The lowest BCUT2D eigenvalue weighted by molar-refractivity contribution is -0.139. The molecule has 4 aromatic rings. The van der Waals surface area contributed by atoms with Gasteiger partial charge in [-0.1, -0.05) is 41.1 Å². The molecule has 0 saturated heterocycles. The molecule has 2 aromatic carbocycles. The number of benzene rings is 2. The van der Waals surface area contributed by atoms with E-state index in [1.165, 1.54) is 11.3 Å². The number of nitrogens with zero attached hydrogens (tertiary/aromatic N) is 2. The first-order valence-electron chi connectivity index (χ1n) is 12.0. The molecular weight excluding hydrogens is 540 g/mol. The normalized spacial score (nSPS) is 15.4. The maximum absolute atomic E-state index is 13.8. The zero-order valence-corrected chi connectivity index (χ0v) is 23.7. The minimum atomic E-state index is -0.648. The molecule has 0 spiro atoms. The highest BCUT2D eigenvalue weighted by atomic mass is 35.5. The van der Waals surface area contributed by atoms with E-state index in [1.807, 2.05) is 67.8 Å². The van der Waals surface area contributed by atoms with Crippen molar-refractivity contribution in [2.75, 3.05) is 12.9 Å². The second-order valence-electron chi connectivity index (χ2n) is 8.74. The Bertz CT molecular complexity index is 1750. The van der Waals surface area contributed by atoms with Crippen molar-refractivity contribution < 1.29 is 13.9 Å². The van der Waals surface area contributed by atoms with Crippen molar-refractivity contribution in [1.82, 2.24) is 4.57 Å². The van der Waals surface area contributed by atoms with Gasteiger partial charge in [-0.3, -0.25) is 9.36 Å². The zero-order valence-electron chi connectivity index (χ0n) is 21.3. The summed E-state index contributed by atoms with van der Waals surface area (Å²) < 4.78 is 13.5. The summed E-state index contributed by atoms with van der Waals surface area (Å²) in [5, 5.41) is 0.621. The van der Waals surface area contributed by atoms with Gasteiger partial charge in [0.15, 0.2) is 4.80 Å². The van der Waals surface area contributed by atoms with Crippen LogP contribution in [-0.2, 0) is 9.53 Å². The summed E-state index contributed by atoms with van der Waals surface area (Å²) in [4.78, 5) is 33.0. The number of allylic oxidation sites excluding steroid dienone is 1. The van der Waals surface area contributed by atoms with Gasteiger partial charge in [0, 0.05) is 21.6 Å². The molecule has 0 aliphatic carbocycles. The summed E-state index contributed by atoms with van der Waals surface area (Å²) in [6, 6.07) is 16.5. The van der Waals surface area contributed by atoms with E-state index in [2.05, 4.69) is 4.99 Å². The first kappa shape index (κ1) is 26.3. The molecule has 6 nitrogen and oxygen atoms in total. The molecule has 0 radical (unpaired) electrons. The van der Waals surface area contributed by atoms with Crippen LogP contribution in [0.5, 0.6) is 0 Å². The summed E-state index contributed by atoms with van der Waals surface area (Å²) >= 11 is 9.07. The van der Waals surface area contributed by atoms with Gasteiger partial charge >= 0.3 is 5.97 Å². The number of aryl methyl sites for hydroxylation is 1. The van der Waals surface area contributed by atoms with Crippen LogP contribution in [0, 0.1) is 6.92 Å². The van der Waals surface area contributed by atoms with Gasteiger partial charge in [0.05, 0.1) is 28.5 Å². The van der Waals surface area contributed by atoms with Gasteiger partial charge in [0.2, 0.25) is 0 Å². The summed E-state index contributed by atoms with van der Waals surface area (Å²) in [5.74, 6) is 0.720. The highest BCUT2D eigenvalue weighted by Gasteiger charge is 2.33. The maximum Gasteiger partial charge on any atom is 0.338 e. The predicted octanol–water partition coefficient (Wildman–Crippen LogP) is 5.74. The Kier molecular flexibility index (Phi) is 7.47. The topological polar surface area (TPSA) is 73.8 Å². The number of hydrogen-bond acceptors (Lipinski definition) is 7. The zero-order chi connectivity index (χ0) is 27.0. The number of aromatic nitrogens is 1. The van der Waals surface area contributed by atoms with Gasteiger partial charge in [-0.25, -0.2) is 9.79 Å². The van der Waals surface area contributed by atoms with Crippen molar-refractivity contribution >= 4 is 46.7 Å². The molecule has 194 valence electrons. The van der Waals surface area contributed by atoms with Crippen LogP contribution in [-0.4, -0.2) is 23.4 Å². The lowest BCUT2D eigenvalue weighted by Crippen LogP contribution is -2.39. The Balaban J connectivity index is 1.64. The molecule has 2 aromatic heterocycles. The molecule has 1 aliphatic heterocycles. The number of esters is 1. The van der Waals surface area contributed by atoms with Crippen molar-refractivity contribution in [2.24, 2.45) is 4.99 Å². The van der Waals surface area contributed by atoms with E-state index in [0.717, 1.165) is 21.6 Å². The van der Waals surface area contributed by atoms with E-state index < -0.39 is 12.0 Å². The van der Waals surface area contributed by atoms with E-state index in [1.54, 1.807) is 36.3 Å². The molecule has 0 amide bonds. The van der Waals surface area contributed by atoms with Gasteiger partial charge in [-0.15, -0.1) is 11.8 Å². The molecule has 0 unspecified atom stereocenters. The van der Waals surface area contributed by atoms with Crippen molar-refractivity contribution in [2.45, 2.75) is 31.7 Å². The second-order valence-corrected chi connectivity index (χ2v) is 11.1. The Morgan fingerprint density at radius 1 is 1.18 bits per heavy atom. The average Bonchev–Trinajstić information content (AvgIpc) is 3.49. The average molecular weight is 565 g/mol. The molecule has 5 rings (SSSR count). The van der Waals surface area contributed by atoms with E-state index in [-0.39, 0.29) is 12.2 Å². The number of fused-ring (bicyclic) bond motifs is 1. The van der Waals surface area contributed by atoms with Crippen LogP contribution in [0.3, 0.4) is 0 Å². The van der Waals surface area contributed by atoms with Crippen LogP contribution in [0.4, 0.5) is 0 Å². The summed E-state index contributed by atoms with van der Waals surface area (Å²) in [6.07, 6.45) is 3.71. The number of carbonyl (C=O) groups is 1. The molecule has 1 aliphatic rings. The monoisotopic (exact) mass is 564 g/mol. The Labute approximate surface area is 232 Å². The number of thiazole rings is 1. The summed E-state index contributed by atoms with van der Waals surface area (Å²) in [7, 11) is 0. The van der Waals surface area contributed by atoms with Crippen LogP contribution in [0.15, 0.2) is 85.0 Å². The van der Waals surface area contributed by atoms with Crippen molar-refractivity contribution in [3.05, 3.63) is 107 Å². The SMILES string of the molecule is CCOC(=O)C1=C(C)N=c2s/c(=C\c3ccc(-c4cc(Cl)ccc4C)o3)c(=O)n2[C@@H]1c1ccc(SC)cc1. The minimum Gasteiger partial charge on any atom is -0.463 e. The van der Waals surface area contributed by atoms with Crippen LogP contribution in [0.25, 0.3) is 17.4 Å². The Morgan fingerprint density at radius 2 is 1.95 bits per heavy atom. The predicted molar refractivity (Wildman–Crippen MR) is 153 cm³/mol. The smallest absolute Gasteiger partial charge is 0.338 e. The molecule has 0 bridgehead atoms. The fourth-order valence-electron chi connectivity index (χ4n) is 4.46. The molecule has 1 atom stereocenters. The number of ether oxygens (including phenoxy) is 1. The number of furan rings is 1. The van der Waals surface area contributed by atoms with Gasteiger partial charge in [0.25, 0.3) is 5.56 Å². The molecule has 38 heavy (non-hydrogen) atoms. The molecule has 3 heterocycles. The molecular formula is C29H25ClN2O4S2. The highest BCUT2D eigenvalue weighted by Crippen LogP contribution is 2.32. The Hall–Kier alpha value is -3.33. The third-order valence-corrected chi connectivity index (χ3v) is 8.28. The van der Waals surface area contributed by atoms with E-state index in [0.29, 0.717) is 37.1 Å². The first-order chi connectivity index (χ1) is 18.3. The molecule has 0 fully saturated rings. The largest absolute Gasteiger partial charge is 0.463 e. The van der Waals surface area contributed by atoms with Crippen LogP contribution in [0.2, 0.25) is 5.02 Å². The standard InChI is InChI=1S/C29H25ClN2O4S2/c1-5-35-28(34)25-17(3)31-29-32(26(25)18-7-11-21(37-4)12-8-18)27(33)24(38-29)15-20-10-13-23(36-20)22-14-19(30)9-6-16(22)2/h6-15,26H,5H2,1-4H3/b24-15-/t26-/m1/s1. The summed E-state index contributed by atoms with van der Waals surface area (Å²) in [5.41, 5.74) is 3.38. The van der Waals surface area contributed by atoms with Crippen LogP contribution >= 0.6 is 34.7 Å². The molecule has 0 saturated carbocycles. The van der Waals surface area contributed by atoms with Gasteiger partial charge < -0.3 is 9.15 Å². The fraction of sp³-hybridized carbons (Fsp3) is 0.207. The quantitative estimate of drug-likeness (QED) is 0.220. The van der Waals surface area contributed by atoms with Gasteiger partial charge in [0.1, 0.15) is 11.5 Å². The Morgan fingerprint density at radius 3 is 2.66 bits per heavy atom. The number of hydrogen-bond donors (Lipinski definition) is 0. The fourth-order valence-corrected chi connectivity index (χ4v) is 6.06.